The third kappa shape index (κ3) is 4.07. The van der Waals surface area contributed by atoms with Gasteiger partial charge in [-0.3, -0.25) is 15.5 Å². The van der Waals surface area contributed by atoms with Crippen LogP contribution >= 0.6 is 0 Å². The summed E-state index contributed by atoms with van der Waals surface area (Å²) in [6.45, 7) is 12.0. The summed E-state index contributed by atoms with van der Waals surface area (Å²) in [5.41, 5.74) is 5.44. The van der Waals surface area contributed by atoms with Gasteiger partial charge < -0.3 is 10.2 Å². The number of guanidine groups is 1. The molecule has 0 aromatic carbocycles. The Labute approximate surface area is 172 Å². The fourth-order valence-electron chi connectivity index (χ4n) is 4.64. The fourth-order valence-corrected chi connectivity index (χ4v) is 4.64. The van der Waals surface area contributed by atoms with Crippen LogP contribution in [0.4, 0.5) is 5.82 Å². The summed E-state index contributed by atoms with van der Waals surface area (Å²) in [5.74, 6) is 1.97. The highest BCUT2D eigenvalue weighted by Crippen LogP contribution is 2.44. The standard InChI is InChI=1S/C21H32N8/c1-5-29-16(3)19(23-18-14-15(2)25-26-18)24-20(27-29)28-12-10-21(11-13-28)8-6-17(22-4)7-9-21/h5,14,17,22H,1,3,6-13H2,2,4H3,(H2,23,24,25,26,27). The summed E-state index contributed by atoms with van der Waals surface area (Å²) in [6.07, 6.45) is 9.36. The lowest BCUT2D eigenvalue weighted by Crippen LogP contribution is -2.55. The molecule has 29 heavy (non-hydrogen) atoms. The molecule has 4 rings (SSSR count). The minimum absolute atomic E-state index is 0.504. The molecule has 1 saturated carbocycles. The van der Waals surface area contributed by atoms with Crippen molar-refractivity contribution >= 4 is 17.6 Å². The lowest BCUT2D eigenvalue weighted by atomic mass is 9.67. The number of hydrazine groups is 1. The molecule has 8 nitrogen and oxygen atoms in total. The molecule has 1 aromatic rings. The summed E-state index contributed by atoms with van der Waals surface area (Å²) in [5, 5.41) is 12.3. The number of nitrogens with zero attached hydrogens (tertiary/aromatic N) is 5. The summed E-state index contributed by atoms with van der Waals surface area (Å²) >= 11 is 0. The zero-order valence-corrected chi connectivity index (χ0v) is 17.5. The Bertz CT molecular complexity index is 817. The molecule has 1 aromatic heterocycles. The van der Waals surface area contributed by atoms with E-state index in [1.54, 1.807) is 11.2 Å². The number of aliphatic imine (C=N–C) groups is 2. The Balaban J connectivity index is 1.49. The molecular formula is C21H32N8. The number of hydrogen-bond donors (Lipinski definition) is 3. The van der Waals surface area contributed by atoms with Crippen molar-refractivity contribution in [3.63, 3.8) is 0 Å². The van der Waals surface area contributed by atoms with Gasteiger partial charge in [-0.25, -0.2) is 4.99 Å². The van der Waals surface area contributed by atoms with Gasteiger partial charge in [0.1, 0.15) is 5.70 Å². The van der Waals surface area contributed by atoms with Crippen LogP contribution in [0, 0.1) is 12.3 Å². The maximum atomic E-state index is 4.78. The maximum Gasteiger partial charge on any atom is 0.220 e. The number of aromatic nitrogens is 2. The molecule has 3 N–H and O–H groups in total. The second-order valence-electron chi connectivity index (χ2n) is 8.44. The largest absolute Gasteiger partial charge is 0.341 e. The molecule has 1 spiro atoms. The number of likely N-dealkylation sites (tertiary alicyclic amines) is 1. The third-order valence-electron chi connectivity index (χ3n) is 6.65. The van der Waals surface area contributed by atoms with Crippen molar-refractivity contribution in [1.29, 1.82) is 0 Å². The van der Waals surface area contributed by atoms with Crippen LogP contribution in [0.1, 0.15) is 44.2 Å². The quantitative estimate of drug-likeness (QED) is 0.732. The number of piperidine rings is 1. The average Bonchev–Trinajstić information content (AvgIpc) is 3.15. The first kappa shape index (κ1) is 19.7. The Morgan fingerprint density at radius 1 is 1.28 bits per heavy atom. The van der Waals surface area contributed by atoms with Gasteiger partial charge >= 0.3 is 0 Å². The molecule has 2 fully saturated rings. The van der Waals surface area contributed by atoms with Crippen LogP contribution in [-0.2, 0) is 0 Å². The predicted molar refractivity (Wildman–Crippen MR) is 117 cm³/mol. The molecule has 0 atom stereocenters. The molecular weight excluding hydrogens is 364 g/mol. The first-order chi connectivity index (χ1) is 14.0. The number of H-pyrrole nitrogens is 1. The topological polar surface area (TPSA) is 83.9 Å². The number of hydrogen-bond acceptors (Lipinski definition) is 6. The van der Waals surface area contributed by atoms with Crippen LogP contribution in [0.5, 0.6) is 0 Å². The van der Waals surface area contributed by atoms with Crippen molar-refractivity contribution < 1.29 is 0 Å². The van der Waals surface area contributed by atoms with E-state index in [9.17, 15) is 0 Å². The van der Waals surface area contributed by atoms with Crippen molar-refractivity contribution in [2.24, 2.45) is 15.4 Å². The normalized spacial score (nSPS) is 24.0. The van der Waals surface area contributed by atoms with E-state index in [1.165, 1.54) is 38.5 Å². The Morgan fingerprint density at radius 3 is 2.59 bits per heavy atom. The second-order valence-corrected chi connectivity index (χ2v) is 8.44. The Morgan fingerprint density at radius 2 is 2.00 bits per heavy atom. The van der Waals surface area contributed by atoms with Crippen molar-refractivity contribution in [2.45, 2.75) is 51.5 Å². The monoisotopic (exact) mass is 396 g/mol. The van der Waals surface area contributed by atoms with E-state index in [-0.39, 0.29) is 0 Å². The van der Waals surface area contributed by atoms with Gasteiger partial charge in [0.25, 0.3) is 0 Å². The van der Waals surface area contributed by atoms with Crippen LogP contribution in [0.3, 0.4) is 0 Å². The van der Waals surface area contributed by atoms with E-state index in [4.69, 9.17) is 4.99 Å². The summed E-state index contributed by atoms with van der Waals surface area (Å²) < 4.78 is 0. The highest BCUT2D eigenvalue weighted by molar-refractivity contribution is 6.08. The van der Waals surface area contributed by atoms with Crippen LogP contribution in [0.15, 0.2) is 41.1 Å². The molecule has 1 aliphatic carbocycles. The second kappa shape index (κ2) is 8.02. The molecule has 2 aliphatic heterocycles. The lowest BCUT2D eigenvalue weighted by Gasteiger charge is -2.47. The third-order valence-corrected chi connectivity index (χ3v) is 6.65. The molecule has 3 heterocycles. The minimum Gasteiger partial charge on any atom is -0.341 e. The smallest absolute Gasteiger partial charge is 0.220 e. The lowest BCUT2D eigenvalue weighted by molar-refractivity contribution is 0.0834. The van der Waals surface area contributed by atoms with Gasteiger partial charge in [0.05, 0.1) is 0 Å². The number of rotatable bonds is 3. The van der Waals surface area contributed by atoms with Gasteiger partial charge in [-0.15, -0.1) is 0 Å². The van der Waals surface area contributed by atoms with E-state index in [2.05, 4.69) is 51.0 Å². The van der Waals surface area contributed by atoms with Gasteiger partial charge in [-0.05, 0) is 57.9 Å². The molecule has 3 aliphatic rings. The van der Waals surface area contributed by atoms with Gasteiger partial charge in [-0.1, -0.05) is 13.2 Å². The minimum atomic E-state index is 0.504. The zero-order valence-electron chi connectivity index (χ0n) is 17.5. The van der Waals surface area contributed by atoms with Gasteiger partial charge in [0.15, 0.2) is 11.7 Å². The van der Waals surface area contributed by atoms with Crippen LogP contribution in [0.25, 0.3) is 0 Å². The zero-order chi connectivity index (χ0) is 20.4. The number of aromatic amines is 1. The predicted octanol–water partition coefficient (Wildman–Crippen LogP) is 2.83. The van der Waals surface area contributed by atoms with Crippen LogP contribution in [0.2, 0.25) is 0 Å². The fraction of sp³-hybridized carbons (Fsp3) is 0.571. The van der Waals surface area contributed by atoms with Gasteiger partial charge in [-0.2, -0.15) is 10.1 Å². The molecule has 1 saturated heterocycles. The van der Waals surface area contributed by atoms with E-state index in [1.807, 2.05) is 13.0 Å². The van der Waals surface area contributed by atoms with Gasteiger partial charge in [0.2, 0.25) is 5.96 Å². The van der Waals surface area contributed by atoms with E-state index in [0.29, 0.717) is 28.8 Å². The summed E-state index contributed by atoms with van der Waals surface area (Å²) in [6, 6.07) is 2.58. The first-order valence-corrected chi connectivity index (χ1v) is 10.5. The molecule has 156 valence electrons. The molecule has 8 heteroatoms. The summed E-state index contributed by atoms with van der Waals surface area (Å²) in [7, 11) is 2.08. The Hall–Kier alpha value is -2.61. The van der Waals surface area contributed by atoms with Crippen molar-refractivity contribution in [3.8, 4) is 0 Å². The molecule has 0 amide bonds. The SMILES string of the molecule is C=CN1NC(N2CCC3(CCC(NC)CC3)CC2)=NC(=Nc2cc(C)[nH]n2)C1=C. The van der Waals surface area contributed by atoms with Crippen molar-refractivity contribution in [2.75, 3.05) is 20.1 Å². The van der Waals surface area contributed by atoms with Crippen molar-refractivity contribution in [1.82, 2.24) is 30.8 Å². The number of nitrogens with one attached hydrogen (secondary N) is 3. The van der Waals surface area contributed by atoms with Gasteiger partial charge in [0, 0.05) is 37.1 Å². The Kier molecular flexibility index (Phi) is 5.45. The van der Waals surface area contributed by atoms with Crippen molar-refractivity contribution in [3.05, 3.63) is 36.8 Å². The summed E-state index contributed by atoms with van der Waals surface area (Å²) in [4.78, 5) is 11.7. The van der Waals surface area contributed by atoms with E-state index < -0.39 is 0 Å². The highest BCUT2D eigenvalue weighted by Gasteiger charge is 2.39. The highest BCUT2D eigenvalue weighted by atomic mass is 15.6. The first-order valence-electron chi connectivity index (χ1n) is 10.5. The number of amidine groups is 1. The average molecular weight is 397 g/mol. The molecule has 0 radical (unpaired) electrons. The van der Waals surface area contributed by atoms with E-state index in [0.717, 1.165) is 24.7 Å². The van der Waals surface area contributed by atoms with Crippen LogP contribution < -0.4 is 10.7 Å². The van der Waals surface area contributed by atoms with E-state index >= 15 is 0 Å². The number of aryl methyl sites for hydroxylation is 1. The molecule has 0 bridgehead atoms. The maximum absolute atomic E-state index is 4.78. The molecule has 0 unspecified atom stereocenters. The van der Waals surface area contributed by atoms with Crippen LogP contribution in [-0.4, -0.2) is 58.1 Å².